The van der Waals surface area contributed by atoms with Gasteiger partial charge in [-0.15, -0.1) is 0 Å². The largest absolute Gasteiger partial charge is 0.469 e. The Balaban J connectivity index is 1.04. The zero-order chi connectivity index (χ0) is 18.3. The molecular weight excluding hydrogens is 362 g/mol. The highest BCUT2D eigenvalue weighted by atomic mass is 32.2. The summed E-state index contributed by atoms with van der Waals surface area (Å²) in [6.45, 7) is 0.376. The second kappa shape index (κ2) is 4.28. The summed E-state index contributed by atoms with van der Waals surface area (Å²) < 4.78 is 33.5. The van der Waals surface area contributed by atoms with E-state index in [9.17, 15) is 13.2 Å². The van der Waals surface area contributed by atoms with Crippen LogP contribution in [0.5, 0.6) is 0 Å². The van der Waals surface area contributed by atoms with Gasteiger partial charge in [-0.1, -0.05) is 24.3 Å². The smallest absolute Gasteiger partial charge is 0.312 e. The molecule has 0 bridgehead atoms. The topological polar surface area (TPSA) is 72.5 Å². The Hall–Kier alpha value is -1.40. The van der Waals surface area contributed by atoms with Crippen molar-refractivity contribution in [3.63, 3.8) is 0 Å². The van der Waals surface area contributed by atoms with Gasteiger partial charge in [0.05, 0.1) is 18.3 Å². The average Bonchev–Trinajstić information content (AvgIpc) is 3.51. The molecule has 0 heterocycles. The van der Waals surface area contributed by atoms with Crippen molar-refractivity contribution >= 4 is 16.0 Å². The molecule has 142 valence electrons. The monoisotopic (exact) mass is 385 g/mol. The van der Waals surface area contributed by atoms with Gasteiger partial charge in [-0.05, 0) is 70.8 Å². The number of hydrogen-bond donors (Lipinski definition) is 1. The predicted octanol–water partition coefficient (Wildman–Crippen LogP) is 1.89. The lowest BCUT2D eigenvalue weighted by molar-refractivity contribution is -0.637. The fourth-order valence-electron chi connectivity index (χ4n) is 8.57. The molecule has 27 heavy (non-hydrogen) atoms. The lowest BCUT2D eigenvalue weighted by atomic mass is 8.92. The normalized spacial score (nSPS) is 48.9. The molecule has 7 aliphatic rings. The molecule has 0 aromatic heterocycles. The van der Waals surface area contributed by atoms with E-state index < -0.39 is 10.0 Å². The third-order valence-electron chi connectivity index (χ3n) is 9.31. The predicted molar refractivity (Wildman–Crippen MR) is 96.9 cm³/mol. The number of hydrogen-bond acceptors (Lipinski definition) is 4. The maximum absolute atomic E-state index is 12.8. The molecule has 6 heteroatoms. The maximum atomic E-state index is 12.8. The highest BCUT2D eigenvalue weighted by Crippen LogP contribution is 3.10. The molecule has 0 atom stereocenters. The van der Waals surface area contributed by atoms with Crippen molar-refractivity contribution in [3.8, 4) is 0 Å². The van der Waals surface area contributed by atoms with Crippen LogP contribution in [0.25, 0.3) is 0 Å². The minimum atomic E-state index is -3.30. The van der Waals surface area contributed by atoms with Gasteiger partial charge in [0.25, 0.3) is 0 Å². The van der Waals surface area contributed by atoms with Crippen LogP contribution in [0.15, 0.2) is 24.3 Å². The Kier molecular flexibility index (Phi) is 2.46. The van der Waals surface area contributed by atoms with Crippen LogP contribution < -0.4 is 4.72 Å². The van der Waals surface area contributed by atoms with Crippen LogP contribution in [0.3, 0.4) is 0 Å². The molecule has 0 spiro atoms. The van der Waals surface area contributed by atoms with Crippen molar-refractivity contribution in [2.75, 3.05) is 12.9 Å². The summed E-state index contributed by atoms with van der Waals surface area (Å²) in [7, 11) is -1.82. The van der Waals surface area contributed by atoms with Crippen LogP contribution in [0.4, 0.5) is 0 Å². The lowest BCUT2D eigenvalue weighted by Gasteiger charge is -3.10. The van der Waals surface area contributed by atoms with E-state index in [0.29, 0.717) is 48.0 Å². The van der Waals surface area contributed by atoms with Gasteiger partial charge in [0.15, 0.2) is 0 Å². The van der Waals surface area contributed by atoms with Gasteiger partial charge in [-0.3, -0.25) is 4.79 Å². The summed E-state index contributed by atoms with van der Waals surface area (Å²) in [6.07, 6.45) is 2.50. The molecule has 0 radical (unpaired) electrons. The molecule has 7 aliphatic carbocycles. The van der Waals surface area contributed by atoms with Gasteiger partial charge in [0.1, 0.15) is 0 Å². The Morgan fingerprint density at radius 2 is 1.81 bits per heavy atom. The number of ether oxygens (including phenoxy) is 1. The second-order valence-corrected chi connectivity index (χ2v) is 11.6. The molecule has 7 fully saturated rings. The van der Waals surface area contributed by atoms with E-state index in [4.69, 9.17) is 4.74 Å². The van der Waals surface area contributed by atoms with Crippen molar-refractivity contribution in [3.05, 3.63) is 35.4 Å². The van der Waals surface area contributed by atoms with Crippen LogP contribution in [0, 0.1) is 46.3 Å². The molecule has 1 aromatic carbocycles. The first-order chi connectivity index (χ1) is 13.0. The SMILES string of the molecule is COC(=O)C12C3C4C1C1C2C3C41CS(=O)(=O)NCc1cccc(C2CC2)c1. The second-order valence-electron chi connectivity index (χ2n) is 9.79. The maximum Gasteiger partial charge on any atom is 0.312 e. The average molecular weight is 385 g/mol. The molecular formula is C21H23NO4S. The van der Waals surface area contributed by atoms with E-state index in [1.165, 1.54) is 25.5 Å². The minimum Gasteiger partial charge on any atom is -0.469 e. The summed E-state index contributed by atoms with van der Waals surface area (Å²) in [6, 6.07) is 8.31. The van der Waals surface area contributed by atoms with E-state index in [-0.39, 0.29) is 22.6 Å². The van der Waals surface area contributed by atoms with Crippen molar-refractivity contribution < 1.29 is 17.9 Å². The van der Waals surface area contributed by atoms with E-state index in [2.05, 4.69) is 16.9 Å². The van der Waals surface area contributed by atoms with Crippen molar-refractivity contribution in [1.29, 1.82) is 0 Å². The number of carbonyl (C=O) groups is 1. The lowest BCUT2D eigenvalue weighted by Crippen LogP contribution is -3.11. The Morgan fingerprint density at radius 3 is 2.41 bits per heavy atom. The summed E-state index contributed by atoms with van der Waals surface area (Å²) in [5.74, 6) is 3.57. The zero-order valence-electron chi connectivity index (χ0n) is 15.2. The van der Waals surface area contributed by atoms with Crippen LogP contribution >= 0.6 is 0 Å². The Morgan fingerprint density at radius 1 is 1.15 bits per heavy atom. The highest BCUT2D eigenvalue weighted by Gasteiger charge is 3.11. The molecule has 1 aromatic rings. The van der Waals surface area contributed by atoms with Crippen molar-refractivity contribution in [2.45, 2.75) is 25.3 Å². The van der Waals surface area contributed by atoms with Crippen LogP contribution in [-0.2, 0) is 26.1 Å². The van der Waals surface area contributed by atoms with Gasteiger partial charge in [0, 0.05) is 6.54 Å². The highest BCUT2D eigenvalue weighted by molar-refractivity contribution is 7.89. The van der Waals surface area contributed by atoms with E-state index >= 15 is 0 Å². The summed E-state index contributed by atoms with van der Waals surface area (Å²) in [5.41, 5.74) is 2.19. The Labute approximate surface area is 158 Å². The molecule has 0 amide bonds. The summed E-state index contributed by atoms with van der Waals surface area (Å²) in [5, 5.41) is 0. The number of nitrogens with one attached hydrogen (secondary N) is 1. The first kappa shape index (κ1) is 15.5. The van der Waals surface area contributed by atoms with Gasteiger partial charge in [0.2, 0.25) is 10.0 Å². The van der Waals surface area contributed by atoms with Gasteiger partial charge < -0.3 is 4.74 Å². The molecule has 0 aliphatic heterocycles. The molecule has 5 nitrogen and oxygen atoms in total. The number of benzene rings is 1. The van der Waals surface area contributed by atoms with Crippen molar-refractivity contribution in [2.24, 2.45) is 46.3 Å². The number of sulfonamides is 1. The molecule has 7 saturated carbocycles. The van der Waals surface area contributed by atoms with Crippen LogP contribution in [0.2, 0.25) is 0 Å². The number of esters is 1. The molecule has 8 rings (SSSR count). The number of rotatable bonds is 7. The number of methoxy groups -OCH3 is 1. The van der Waals surface area contributed by atoms with Crippen LogP contribution in [-0.4, -0.2) is 27.2 Å². The van der Waals surface area contributed by atoms with E-state index in [1.807, 2.05) is 12.1 Å². The van der Waals surface area contributed by atoms with Gasteiger partial charge in [-0.2, -0.15) is 0 Å². The fourth-order valence-corrected chi connectivity index (χ4v) is 10.3. The standard InChI is InChI=1S/C21H23NO4S/c1-26-19(23)21-16-13-17(21)15-18(21)14(16)20(13,15)9-27(24,25)22-8-10-3-2-4-12(7-10)11-5-6-11/h2-4,7,11,13-18,22H,5-6,8-9H2,1H3. The van der Waals surface area contributed by atoms with Crippen LogP contribution in [0.1, 0.15) is 29.9 Å². The first-order valence-electron chi connectivity index (χ1n) is 10.1. The molecule has 0 saturated heterocycles. The van der Waals surface area contributed by atoms with Gasteiger partial charge in [-0.25, -0.2) is 13.1 Å². The van der Waals surface area contributed by atoms with E-state index in [0.717, 1.165) is 5.56 Å². The molecule has 1 N–H and O–H groups in total. The third-order valence-corrected chi connectivity index (χ3v) is 10.8. The van der Waals surface area contributed by atoms with Crippen molar-refractivity contribution in [1.82, 2.24) is 4.72 Å². The zero-order valence-corrected chi connectivity index (χ0v) is 16.0. The molecule has 0 unspecified atom stereocenters. The Bertz CT molecular complexity index is 957. The van der Waals surface area contributed by atoms with E-state index in [1.54, 1.807) is 0 Å². The number of carbonyl (C=O) groups excluding carboxylic acids is 1. The first-order valence-corrected chi connectivity index (χ1v) is 11.8. The van der Waals surface area contributed by atoms with Gasteiger partial charge >= 0.3 is 5.97 Å². The quantitative estimate of drug-likeness (QED) is 0.728. The minimum absolute atomic E-state index is 0.00251. The third kappa shape index (κ3) is 1.37. The summed E-state index contributed by atoms with van der Waals surface area (Å²) in [4.78, 5) is 12.2. The fraction of sp³-hybridized carbons (Fsp3) is 0.667. The summed E-state index contributed by atoms with van der Waals surface area (Å²) >= 11 is 0.